The van der Waals surface area contributed by atoms with Crippen molar-refractivity contribution in [2.75, 3.05) is 7.11 Å². The Morgan fingerprint density at radius 1 is 1.44 bits per heavy atom. The maximum absolute atomic E-state index is 11.5. The summed E-state index contributed by atoms with van der Waals surface area (Å²) in [5.74, 6) is -0.475. The van der Waals surface area contributed by atoms with Crippen LogP contribution in [0.15, 0.2) is 24.4 Å². The number of hydrogen-bond acceptors (Lipinski definition) is 3. The maximum atomic E-state index is 11.5. The van der Waals surface area contributed by atoms with Gasteiger partial charge in [-0.15, -0.1) is 0 Å². The number of benzene rings is 1. The molecule has 0 aliphatic rings. The first-order valence-corrected chi connectivity index (χ1v) is 5.95. The molecule has 96 valence electrons. The van der Waals surface area contributed by atoms with Gasteiger partial charge in [0, 0.05) is 23.0 Å². The van der Waals surface area contributed by atoms with Crippen molar-refractivity contribution >= 4 is 16.9 Å². The third kappa shape index (κ3) is 2.11. The molecule has 0 spiro atoms. The van der Waals surface area contributed by atoms with Gasteiger partial charge in [-0.05, 0) is 24.6 Å². The number of carbonyl (C=O) groups excluding carboxylic acids is 1. The first-order valence-electron chi connectivity index (χ1n) is 5.95. The highest BCUT2D eigenvalue weighted by Crippen LogP contribution is 2.28. The Hall–Kier alpha value is -1.81. The second kappa shape index (κ2) is 4.82. The zero-order chi connectivity index (χ0) is 13.3. The number of esters is 1. The van der Waals surface area contributed by atoms with Gasteiger partial charge in [0.05, 0.1) is 7.11 Å². The van der Waals surface area contributed by atoms with Gasteiger partial charge in [-0.25, -0.2) is 0 Å². The first kappa shape index (κ1) is 12.6. The molecule has 3 N–H and O–H groups in total. The molecule has 0 aliphatic carbocycles. The van der Waals surface area contributed by atoms with Gasteiger partial charge < -0.3 is 15.5 Å². The number of nitrogens with one attached hydrogen (secondary N) is 1. The van der Waals surface area contributed by atoms with Crippen molar-refractivity contribution in [2.45, 2.75) is 25.8 Å². The minimum atomic E-state index is -0.644. The summed E-state index contributed by atoms with van der Waals surface area (Å²) in [4.78, 5) is 14.7. The molecule has 0 saturated heterocycles. The SMILES string of the molecule is COC(=O)[C@@H](N)[C@@H](C)c1c[nH]c2ccc(C)cc12. The van der Waals surface area contributed by atoms with E-state index in [9.17, 15) is 4.79 Å². The van der Waals surface area contributed by atoms with E-state index in [0.717, 1.165) is 16.5 Å². The van der Waals surface area contributed by atoms with Gasteiger partial charge in [0.2, 0.25) is 0 Å². The number of H-pyrrole nitrogens is 1. The Morgan fingerprint density at radius 2 is 2.17 bits per heavy atom. The van der Waals surface area contributed by atoms with Crippen LogP contribution in [0.25, 0.3) is 10.9 Å². The summed E-state index contributed by atoms with van der Waals surface area (Å²) in [5, 5.41) is 1.11. The Balaban J connectivity index is 2.41. The predicted molar refractivity (Wildman–Crippen MR) is 71.4 cm³/mol. The fourth-order valence-electron chi connectivity index (χ4n) is 2.17. The van der Waals surface area contributed by atoms with Gasteiger partial charge >= 0.3 is 5.97 Å². The average Bonchev–Trinajstić information content (AvgIpc) is 2.78. The summed E-state index contributed by atoms with van der Waals surface area (Å²) in [5.41, 5.74) is 9.19. The Morgan fingerprint density at radius 3 is 2.83 bits per heavy atom. The van der Waals surface area contributed by atoms with E-state index in [-0.39, 0.29) is 11.9 Å². The lowest BCUT2D eigenvalue weighted by atomic mass is 9.93. The molecule has 0 saturated carbocycles. The molecule has 4 nitrogen and oxygen atoms in total. The predicted octanol–water partition coefficient (Wildman–Crippen LogP) is 2.08. The van der Waals surface area contributed by atoms with E-state index in [4.69, 9.17) is 10.5 Å². The van der Waals surface area contributed by atoms with Gasteiger partial charge in [-0.3, -0.25) is 4.79 Å². The molecule has 1 aromatic heterocycles. The smallest absolute Gasteiger partial charge is 0.323 e. The topological polar surface area (TPSA) is 68.1 Å². The van der Waals surface area contributed by atoms with Crippen LogP contribution in [0.1, 0.15) is 24.0 Å². The average molecular weight is 246 g/mol. The normalized spacial score (nSPS) is 14.4. The van der Waals surface area contributed by atoms with Gasteiger partial charge in [-0.2, -0.15) is 0 Å². The third-order valence-corrected chi connectivity index (χ3v) is 3.37. The first-order chi connectivity index (χ1) is 8.54. The van der Waals surface area contributed by atoms with Crippen molar-refractivity contribution in [3.05, 3.63) is 35.5 Å². The molecule has 0 amide bonds. The molecule has 2 aromatic rings. The molecule has 2 rings (SSSR count). The number of aryl methyl sites for hydroxylation is 1. The Labute approximate surface area is 106 Å². The highest BCUT2D eigenvalue weighted by molar-refractivity contribution is 5.86. The van der Waals surface area contributed by atoms with Gasteiger partial charge in [0.15, 0.2) is 0 Å². The number of nitrogens with two attached hydrogens (primary N) is 1. The van der Waals surface area contributed by atoms with Crippen LogP contribution < -0.4 is 5.73 Å². The quantitative estimate of drug-likeness (QED) is 0.815. The van der Waals surface area contributed by atoms with E-state index >= 15 is 0 Å². The van der Waals surface area contributed by atoms with E-state index < -0.39 is 6.04 Å². The number of aromatic nitrogens is 1. The summed E-state index contributed by atoms with van der Waals surface area (Å²) in [6.07, 6.45) is 1.91. The molecule has 2 atom stereocenters. The summed E-state index contributed by atoms with van der Waals surface area (Å²) >= 11 is 0. The lowest BCUT2D eigenvalue weighted by Gasteiger charge is -2.17. The number of aromatic amines is 1. The van der Waals surface area contributed by atoms with Crippen molar-refractivity contribution in [2.24, 2.45) is 5.73 Å². The standard InChI is InChI=1S/C14H18N2O2/c1-8-4-5-12-10(6-8)11(7-16-12)9(2)13(15)14(17)18-3/h4-7,9,13,16H,15H2,1-3H3/t9-,13-/m0/s1. The largest absolute Gasteiger partial charge is 0.468 e. The molecule has 1 heterocycles. The molecule has 1 aromatic carbocycles. The fourth-order valence-corrected chi connectivity index (χ4v) is 2.17. The van der Waals surface area contributed by atoms with E-state index in [0.29, 0.717) is 0 Å². The summed E-state index contributed by atoms with van der Waals surface area (Å²) in [6, 6.07) is 5.54. The van der Waals surface area contributed by atoms with Crippen molar-refractivity contribution in [3.8, 4) is 0 Å². The molecule has 0 fully saturated rings. The number of hydrogen-bond donors (Lipinski definition) is 2. The lowest BCUT2D eigenvalue weighted by Crippen LogP contribution is -2.36. The second-order valence-corrected chi connectivity index (χ2v) is 4.63. The van der Waals surface area contributed by atoms with E-state index in [1.165, 1.54) is 12.7 Å². The van der Waals surface area contributed by atoms with Crippen molar-refractivity contribution in [1.29, 1.82) is 0 Å². The van der Waals surface area contributed by atoms with Crippen molar-refractivity contribution in [1.82, 2.24) is 4.98 Å². The molecule has 0 unspecified atom stereocenters. The van der Waals surface area contributed by atoms with Crippen LogP contribution in [-0.4, -0.2) is 24.1 Å². The number of carbonyl (C=O) groups is 1. The fraction of sp³-hybridized carbons (Fsp3) is 0.357. The van der Waals surface area contributed by atoms with Crippen LogP contribution in [0.3, 0.4) is 0 Å². The number of rotatable bonds is 3. The third-order valence-electron chi connectivity index (χ3n) is 3.37. The van der Waals surface area contributed by atoms with Crippen LogP contribution >= 0.6 is 0 Å². The van der Waals surface area contributed by atoms with E-state index in [1.807, 2.05) is 32.2 Å². The molecule has 4 heteroatoms. The monoisotopic (exact) mass is 246 g/mol. The van der Waals surface area contributed by atoms with Crippen LogP contribution in [0.5, 0.6) is 0 Å². The molecule has 18 heavy (non-hydrogen) atoms. The lowest BCUT2D eigenvalue weighted by molar-refractivity contribution is -0.142. The minimum Gasteiger partial charge on any atom is -0.468 e. The van der Waals surface area contributed by atoms with Gasteiger partial charge in [0.1, 0.15) is 6.04 Å². The summed E-state index contributed by atoms with van der Waals surface area (Å²) in [7, 11) is 1.36. The number of fused-ring (bicyclic) bond motifs is 1. The van der Waals surface area contributed by atoms with Crippen LogP contribution in [0, 0.1) is 6.92 Å². The molecule has 0 aliphatic heterocycles. The Bertz CT molecular complexity index is 574. The zero-order valence-electron chi connectivity index (χ0n) is 10.9. The van der Waals surface area contributed by atoms with E-state index in [1.54, 1.807) is 0 Å². The highest BCUT2D eigenvalue weighted by Gasteiger charge is 2.24. The minimum absolute atomic E-state index is 0.0898. The molecule has 0 radical (unpaired) electrons. The maximum Gasteiger partial charge on any atom is 0.323 e. The summed E-state index contributed by atoms with van der Waals surface area (Å²) < 4.78 is 4.69. The summed E-state index contributed by atoms with van der Waals surface area (Å²) in [6.45, 7) is 3.98. The van der Waals surface area contributed by atoms with Crippen LogP contribution in [0.4, 0.5) is 0 Å². The van der Waals surface area contributed by atoms with Gasteiger partial charge in [-0.1, -0.05) is 18.6 Å². The highest BCUT2D eigenvalue weighted by atomic mass is 16.5. The molecular formula is C14H18N2O2. The van der Waals surface area contributed by atoms with Crippen LogP contribution in [0.2, 0.25) is 0 Å². The molecular weight excluding hydrogens is 228 g/mol. The Kier molecular flexibility index (Phi) is 3.39. The second-order valence-electron chi connectivity index (χ2n) is 4.63. The zero-order valence-corrected chi connectivity index (χ0v) is 10.9. The number of methoxy groups -OCH3 is 1. The van der Waals surface area contributed by atoms with Crippen molar-refractivity contribution in [3.63, 3.8) is 0 Å². The van der Waals surface area contributed by atoms with Crippen molar-refractivity contribution < 1.29 is 9.53 Å². The van der Waals surface area contributed by atoms with Gasteiger partial charge in [0.25, 0.3) is 0 Å². The van der Waals surface area contributed by atoms with Crippen LogP contribution in [-0.2, 0) is 9.53 Å². The van der Waals surface area contributed by atoms with E-state index in [2.05, 4.69) is 11.1 Å². The molecule has 0 bridgehead atoms. The number of ether oxygens (including phenoxy) is 1.